The number of fused-ring (bicyclic) bond motifs is 1. The Morgan fingerprint density at radius 2 is 1.93 bits per heavy atom. The molecule has 1 aliphatic rings. The Labute approximate surface area is 166 Å². The lowest BCUT2D eigenvalue weighted by Gasteiger charge is -2.27. The van der Waals surface area contributed by atoms with E-state index >= 15 is 0 Å². The maximum absolute atomic E-state index is 13.5. The number of amides is 1. The molecule has 0 radical (unpaired) electrons. The maximum Gasteiger partial charge on any atom is 0.294 e. The van der Waals surface area contributed by atoms with Crippen LogP contribution < -0.4 is 4.90 Å². The van der Waals surface area contributed by atoms with Gasteiger partial charge < -0.3 is 5.11 Å². The van der Waals surface area contributed by atoms with Gasteiger partial charge in [-0.15, -0.1) is 0 Å². The van der Waals surface area contributed by atoms with Crippen LogP contribution in [-0.2, 0) is 9.59 Å². The molecule has 0 aliphatic carbocycles. The van der Waals surface area contributed by atoms with Crippen molar-refractivity contribution < 1.29 is 19.1 Å². The molecule has 3 aromatic rings. The Kier molecular flexibility index (Phi) is 4.62. The second kappa shape index (κ2) is 7.12. The maximum atomic E-state index is 13.5. The number of hydrogen-bond donors (Lipinski definition) is 1. The molecular formula is C21H19FN4O3. The van der Waals surface area contributed by atoms with Crippen molar-refractivity contribution in [2.75, 3.05) is 4.90 Å². The van der Waals surface area contributed by atoms with Crippen molar-refractivity contribution in [2.45, 2.75) is 26.3 Å². The van der Waals surface area contributed by atoms with Crippen molar-refractivity contribution in [1.82, 2.24) is 14.6 Å². The zero-order chi connectivity index (χ0) is 20.7. The first-order valence-corrected chi connectivity index (χ1v) is 9.21. The van der Waals surface area contributed by atoms with E-state index in [0.29, 0.717) is 16.9 Å². The average Bonchev–Trinajstić information content (AvgIpc) is 3.24. The van der Waals surface area contributed by atoms with Gasteiger partial charge in [0.2, 0.25) is 0 Å². The van der Waals surface area contributed by atoms with Crippen LogP contribution in [0, 0.1) is 11.7 Å². The summed E-state index contributed by atoms with van der Waals surface area (Å²) < 4.78 is 15.0. The minimum Gasteiger partial charge on any atom is -0.503 e. The first kappa shape index (κ1) is 18.8. The molecule has 0 saturated carbocycles. The number of aliphatic hydroxyl groups excluding tert-OH is 1. The predicted molar refractivity (Wildman–Crippen MR) is 104 cm³/mol. The molecule has 8 heteroatoms. The van der Waals surface area contributed by atoms with Gasteiger partial charge in [-0.3, -0.25) is 14.5 Å². The van der Waals surface area contributed by atoms with E-state index in [-0.39, 0.29) is 23.7 Å². The second-order valence-corrected chi connectivity index (χ2v) is 7.36. The Morgan fingerprint density at radius 3 is 2.62 bits per heavy atom. The summed E-state index contributed by atoms with van der Waals surface area (Å²) in [6.07, 6.45) is 3.16. The summed E-state index contributed by atoms with van der Waals surface area (Å²) in [5.74, 6) is -1.97. The summed E-state index contributed by atoms with van der Waals surface area (Å²) in [6.45, 7) is 3.77. The molecule has 1 atom stereocenters. The fraction of sp³-hybridized carbons (Fsp3) is 0.238. The molecule has 0 fully saturated rings. The number of anilines is 1. The molecule has 7 nitrogen and oxygen atoms in total. The molecule has 0 spiro atoms. The monoisotopic (exact) mass is 394 g/mol. The molecular weight excluding hydrogens is 375 g/mol. The van der Waals surface area contributed by atoms with Crippen LogP contribution in [0.3, 0.4) is 0 Å². The summed E-state index contributed by atoms with van der Waals surface area (Å²) in [4.78, 5) is 31.3. The van der Waals surface area contributed by atoms with Crippen LogP contribution in [0.25, 0.3) is 5.65 Å². The quantitative estimate of drug-likeness (QED) is 0.717. The first-order valence-electron chi connectivity index (χ1n) is 9.21. The Morgan fingerprint density at radius 1 is 1.21 bits per heavy atom. The van der Waals surface area contributed by atoms with Crippen molar-refractivity contribution in [2.24, 2.45) is 5.92 Å². The molecule has 1 aliphatic heterocycles. The van der Waals surface area contributed by atoms with Crippen LogP contribution in [0.4, 0.5) is 10.1 Å². The van der Waals surface area contributed by atoms with E-state index in [9.17, 15) is 19.1 Å². The van der Waals surface area contributed by atoms with E-state index in [1.165, 1.54) is 40.0 Å². The topological polar surface area (TPSA) is 87.8 Å². The summed E-state index contributed by atoms with van der Waals surface area (Å²) in [5, 5.41) is 14.7. The lowest BCUT2D eigenvalue weighted by Crippen LogP contribution is -2.31. The summed E-state index contributed by atoms with van der Waals surface area (Å²) in [5.41, 5.74) is 1.57. The molecule has 3 heterocycles. The highest BCUT2D eigenvalue weighted by atomic mass is 19.1. The van der Waals surface area contributed by atoms with Gasteiger partial charge in [0.25, 0.3) is 5.91 Å². The molecule has 0 saturated heterocycles. The molecule has 1 aromatic carbocycles. The Bertz CT molecular complexity index is 1130. The standard InChI is InChI=1S/C21H19FN4O3/c1-12(2)9-16(27)18-19(13-3-5-14(22)6-4-13)26(21(29)20(18)28)15-7-8-17-23-11-24-25(17)10-15/h3-8,10-12,19,28H,9H2,1-2H3. The fourth-order valence-electron chi connectivity index (χ4n) is 3.55. The number of Topliss-reactive ketones (excluding diaryl/α,β-unsaturated/α-hetero) is 1. The van der Waals surface area contributed by atoms with Crippen LogP contribution in [0.2, 0.25) is 0 Å². The third kappa shape index (κ3) is 3.26. The molecule has 1 N–H and O–H groups in total. The Balaban J connectivity index is 1.86. The number of aromatic nitrogens is 3. The van der Waals surface area contributed by atoms with E-state index in [4.69, 9.17) is 0 Å². The molecule has 1 amide bonds. The molecule has 0 bridgehead atoms. The van der Waals surface area contributed by atoms with Gasteiger partial charge in [-0.05, 0) is 35.7 Å². The Hall–Kier alpha value is -3.55. The van der Waals surface area contributed by atoms with Crippen molar-refractivity contribution >= 4 is 23.0 Å². The third-order valence-electron chi connectivity index (χ3n) is 4.82. The number of nitrogens with zero attached hydrogens (tertiary/aromatic N) is 4. The minimum atomic E-state index is -0.865. The zero-order valence-corrected chi connectivity index (χ0v) is 15.9. The molecule has 29 heavy (non-hydrogen) atoms. The van der Waals surface area contributed by atoms with Gasteiger partial charge in [0.05, 0.1) is 23.5 Å². The lowest BCUT2D eigenvalue weighted by molar-refractivity contribution is -0.118. The van der Waals surface area contributed by atoms with Gasteiger partial charge in [-0.2, -0.15) is 5.10 Å². The summed E-state index contributed by atoms with van der Waals surface area (Å²) in [6, 6.07) is 8.03. The molecule has 148 valence electrons. The fourth-order valence-corrected chi connectivity index (χ4v) is 3.55. The van der Waals surface area contributed by atoms with Crippen LogP contribution in [-0.4, -0.2) is 31.4 Å². The average molecular weight is 394 g/mol. The van der Waals surface area contributed by atoms with Gasteiger partial charge in [0.15, 0.2) is 17.2 Å². The number of hydrogen-bond acceptors (Lipinski definition) is 5. The third-order valence-corrected chi connectivity index (χ3v) is 4.82. The first-order chi connectivity index (χ1) is 13.9. The highest BCUT2D eigenvalue weighted by molar-refractivity contribution is 6.16. The number of ketones is 1. The smallest absolute Gasteiger partial charge is 0.294 e. The summed E-state index contributed by atoms with van der Waals surface area (Å²) >= 11 is 0. The predicted octanol–water partition coefficient (Wildman–Crippen LogP) is 3.38. The number of carbonyl (C=O) groups excluding carboxylic acids is 2. The highest BCUT2D eigenvalue weighted by Gasteiger charge is 2.44. The van der Waals surface area contributed by atoms with E-state index in [0.717, 1.165) is 0 Å². The van der Waals surface area contributed by atoms with Gasteiger partial charge in [-0.1, -0.05) is 26.0 Å². The largest absolute Gasteiger partial charge is 0.503 e. The van der Waals surface area contributed by atoms with E-state index < -0.39 is 23.5 Å². The SMILES string of the molecule is CC(C)CC(=O)C1=C(O)C(=O)N(c2ccc3ncnn3c2)C1c1ccc(F)cc1. The van der Waals surface area contributed by atoms with Crippen molar-refractivity contribution in [3.8, 4) is 0 Å². The number of aliphatic hydroxyl groups is 1. The number of halogens is 1. The lowest BCUT2D eigenvalue weighted by atomic mass is 9.92. The van der Waals surface area contributed by atoms with E-state index in [1.807, 2.05) is 13.8 Å². The van der Waals surface area contributed by atoms with Gasteiger partial charge in [0.1, 0.15) is 12.1 Å². The normalized spacial score (nSPS) is 17.0. The van der Waals surface area contributed by atoms with Gasteiger partial charge in [-0.25, -0.2) is 13.9 Å². The molecule has 1 unspecified atom stereocenters. The van der Waals surface area contributed by atoms with Crippen LogP contribution >= 0.6 is 0 Å². The molecule has 4 rings (SSSR count). The van der Waals surface area contributed by atoms with Crippen LogP contribution in [0.15, 0.2) is 60.3 Å². The number of pyridine rings is 1. The van der Waals surface area contributed by atoms with Crippen molar-refractivity contribution in [3.05, 3.63) is 71.6 Å². The van der Waals surface area contributed by atoms with Crippen molar-refractivity contribution in [3.63, 3.8) is 0 Å². The molecule has 2 aromatic heterocycles. The van der Waals surface area contributed by atoms with E-state index in [1.54, 1.807) is 18.3 Å². The van der Waals surface area contributed by atoms with Crippen LogP contribution in [0.1, 0.15) is 31.9 Å². The van der Waals surface area contributed by atoms with Crippen molar-refractivity contribution in [1.29, 1.82) is 0 Å². The number of benzene rings is 1. The van der Waals surface area contributed by atoms with E-state index in [2.05, 4.69) is 10.1 Å². The summed E-state index contributed by atoms with van der Waals surface area (Å²) in [7, 11) is 0. The number of rotatable bonds is 5. The zero-order valence-electron chi connectivity index (χ0n) is 15.9. The van der Waals surface area contributed by atoms with Gasteiger partial charge in [0, 0.05) is 6.42 Å². The second-order valence-electron chi connectivity index (χ2n) is 7.36. The highest BCUT2D eigenvalue weighted by Crippen LogP contribution is 2.41. The minimum absolute atomic E-state index is 0.0222. The number of carbonyl (C=O) groups is 2. The van der Waals surface area contributed by atoms with Crippen LogP contribution in [0.5, 0.6) is 0 Å². The van der Waals surface area contributed by atoms with Gasteiger partial charge >= 0.3 is 0 Å².